The largest absolute Gasteiger partial charge is 0.478 e. The van der Waals surface area contributed by atoms with E-state index in [9.17, 15) is 4.79 Å². The van der Waals surface area contributed by atoms with Crippen molar-refractivity contribution in [3.05, 3.63) is 29.8 Å². The quantitative estimate of drug-likeness (QED) is 0.633. The second-order valence-electron chi connectivity index (χ2n) is 1.96. The number of benzene rings is 1. The molecular weight excluding hydrogens is 144 g/mol. The van der Waals surface area contributed by atoms with E-state index in [1.165, 1.54) is 24.3 Å². The van der Waals surface area contributed by atoms with Crippen molar-refractivity contribution in [1.82, 2.24) is 0 Å². The molecular formula is C7H6N2O2. The number of carbonyl (C=O) groups is 1. The Morgan fingerprint density at radius 1 is 1.36 bits per heavy atom. The number of nitrogens with zero attached hydrogens (tertiary/aromatic N) is 1. The summed E-state index contributed by atoms with van der Waals surface area (Å²) in [4.78, 5) is 10.3. The van der Waals surface area contributed by atoms with E-state index >= 15 is 0 Å². The minimum atomic E-state index is -0.971. The molecule has 0 bridgehead atoms. The van der Waals surface area contributed by atoms with E-state index < -0.39 is 5.97 Å². The Kier molecular flexibility index (Phi) is 1.96. The van der Waals surface area contributed by atoms with Gasteiger partial charge in [-0.25, -0.2) is 10.3 Å². The lowest BCUT2D eigenvalue weighted by Gasteiger charge is -1.92. The van der Waals surface area contributed by atoms with Crippen LogP contribution < -0.4 is 0 Å². The molecule has 0 atom stereocenters. The lowest BCUT2D eigenvalue weighted by atomic mass is 10.2. The molecule has 0 radical (unpaired) electrons. The summed E-state index contributed by atoms with van der Waals surface area (Å²) in [5, 5.41) is 11.6. The van der Waals surface area contributed by atoms with E-state index in [0.717, 1.165) is 0 Å². The molecule has 0 fully saturated rings. The molecule has 2 N–H and O–H groups in total. The molecule has 0 amide bonds. The van der Waals surface area contributed by atoms with Crippen molar-refractivity contribution in [1.29, 1.82) is 5.53 Å². The predicted molar refractivity (Wildman–Crippen MR) is 38.2 cm³/mol. The van der Waals surface area contributed by atoms with E-state index in [-0.39, 0.29) is 5.56 Å². The number of hydrogen-bond donors (Lipinski definition) is 2. The average molecular weight is 150 g/mol. The molecule has 1 aromatic carbocycles. The van der Waals surface area contributed by atoms with E-state index in [1.807, 2.05) is 0 Å². The number of aromatic carboxylic acids is 1. The standard InChI is InChI=1S/C7H6N2O2/c8-9-6-3-1-5(2-4-6)7(10)11/h1-4,8H,(H,10,11). The summed E-state index contributed by atoms with van der Waals surface area (Å²) in [6, 6.07) is 5.79. The van der Waals surface area contributed by atoms with Gasteiger partial charge in [0.15, 0.2) is 0 Å². The van der Waals surface area contributed by atoms with Crippen LogP contribution in [-0.2, 0) is 0 Å². The number of carboxylic acid groups (broad SMARTS) is 1. The third-order valence-corrected chi connectivity index (χ3v) is 1.24. The Hall–Kier alpha value is -1.71. The molecule has 0 unspecified atom stereocenters. The van der Waals surface area contributed by atoms with Crippen LogP contribution in [0.25, 0.3) is 0 Å². The lowest BCUT2D eigenvalue weighted by molar-refractivity contribution is 0.0697. The highest BCUT2D eigenvalue weighted by molar-refractivity contribution is 5.87. The smallest absolute Gasteiger partial charge is 0.335 e. The molecule has 4 nitrogen and oxygen atoms in total. The first kappa shape index (κ1) is 7.40. The monoisotopic (exact) mass is 150 g/mol. The highest BCUT2D eigenvalue weighted by Gasteiger charge is 1.99. The van der Waals surface area contributed by atoms with Gasteiger partial charge in [-0.2, -0.15) is 5.11 Å². The Balaban J connectivity index is 3.00. The molecule has 1 rings (SSSR count). The van der Waals surface area contributed by atoms with Crippen molar-refractivity contribution >= 4 is 11.7 Å². The zero-order valence-electron chi connectivity index (χ0n) is 5.61. The fourth-order valence-electron chi connectivity index (χ4n) is 0.679. The highest BCUT2D eigenvalue weighted by Crippen LogP contribution is 2.11. The molecule has 0 spiro atoms. The van der Waals surface area contributed by atoms with Crippen molar-refractivity contribution in [2.24, 2.45) is 5.11 Å². The summed E-state index contributed by atoms with van der Waals surface area (Å²) in [7, 11) is 0. The van der Waals surface area contributed by atoms with Gasteiger partial charge in [0.25, 0.3) is 0 Å². The van der Waals surface area contributed by atoms with Gasteiger partial charge in [0.05, 0.1) is 11.3 Å². The maximum Gasteiger partial charge on any atom is 0.335 e. The van der Waals surface area contributed by atoms with Crippen LogP contribution >= 0.6 is 0 Å². The van der Waals surface area contributed by atoms with Gasteiger partial charge >= 0.3 is 5.97 Å². The van der Waals surface area contributed by atoms with Gasteiger partial charge in [-0.3, -0.25) is 0 Å². The minimum absolute atomic E-state index is 0.206. The molecule has 1 aromatic rings. The van der Waals surface area contributed by atoms with E-state index in [0.29, 0.717) is 5.69 Å². The SMILES string of the molecule is N=Nc1ccc(C(=O)O)cc1. The maximum absolute atomic E-state index is 10.3. The summed E-state index contributed by atoms with van der Waals surface area (Å²) in [5.41, 5.74) is 7.26. The van der Waals surface area contributed by atoms with Crippen molar-refractivity contribution < 1.29 is 9.90 Å². The van der Waals surface area contributed by atoms with Gasteiger partial charge < -0.3 is 5.11 Å². The molecule has 0 aliphatic rings. The molecule has 0 aliphatic carbocycles. The third-order valence-electron chi connectivity index (χ3n) is 1.24. The van der Waals surface area contributed by atoms with Gasteiger partial charge in [0.1, 0.15) is 0 Å². The first-order valence-corrected chi connectivity index (χ1v) is 2.95. The van der Waals surface area contributed by atoms with Crippen LogP contribution in [0.5, 0.6) is 0 Å². The van der Waals surface area contributed by atoms with Crippen LogP contribution in [0, 0.1) is 5.53 Å². The van der Waals surface area contributed by atoms with Crippen molar-refractivity contribution in [3.8, 4) is 0 Å². The van der Waals surface area contributed by atoms with Crippen molar-refractivity contribution in [2.45, 2.75) is 0 Å². The molecule has 11 heavy (non-hydrogen) atoms. The minimum Gasteiger partial charge on any atom is -0.478 e. The molecule has 0 aliphatic heterocycles. The first-order chi connectivity index (χ1) is 5.24. The first-order valence-electron chi connectivity index (χ1n) is 2.95. The molecule has 56 valence electrons. The van der Waals surface area contributed by atoms with Crippen molar-refractivity contribution in [3.63, 3.8) is 0 Å². The lowest BCUT2D eigenvalue weighted by Crippen LogP contribution is -1.93. The summed E-state index contributed by atoms with van der Waals surface area (Å²) < 4.78 is 0. The molecule has 0 aromatic heterocycles. The Labute approximate surface area is 63.0 Å². The van der Waals surface area contributed by atoms with Gasteiger partial charge in [-0.1, -0.05) is 0 Å². The second kappa shape index (κ2) is 2.92. The van der Waals surface area contributed by atoms with E-state index in [1.54, 1.807) is 0 Å². The summed E-state index contributed by atoms with van der Waals surface area (Å²) in [6.45, 7) is 0. The summed E-state index contributed by atoms with van der Waals surface area (Å²) in [6.07, 6.45) is 0. The van der Waals surface area contributed by atoms with Gasteiger partial charge in [0.2, 0.25) is 0 Å². The Bertz CT molecular complexity index is 279. The number of hydrogen-bond acceptors (Lipinski definition) is 3. The predicted octanol–water partition coefficient (Wildman–Crippen LogP) is 2.05. The summed E-state index contributed by atoms with van der Waals surface area (Å²) >= 11 is 0. The van der Waals surface area contributed by atoms with Crippen LogP contribution in [0.1, 0.15) is 10.4 Å². The topological polar surface area (TPSA) is 73.5 Å². The second-order valence-corrected chi connectivity index (χ2v) is 1.96. The molecule has 0 saturated heterocycles. The Morgan fingerprint density at radius 3 is 2.27 bits per heavy atom. The van der Waals surface area contributed by atoms with Crippen LogP contribution in [0.3, 0.4) is 0 Å². The molecule has 4 heteroatoms. The van der Waals surface area contributed by atoms with Crippen LogP contribution in [0.2, 0.25) is 0 Å². The van der Waals surface area contributed by atoms with Crippen LogP contribution in [0.4, 0.5) is 5.69 Å². The Morgan fingerprint density at radius 2 is 1.91 bits per heavy atom. The zero-order valence-corrected chi connectivity index (χ0v) is 5.61. The maximum atomic E-state index is 10.3. The molecule has 0 saturated carbocycles. The van der Waals surface area contributed by atoms with Gasteiger partial charge in [-0.15, -0.1) is 0 Å². The number of carboxylic acids is 1. The van der Waals surface area contributed by atoms with E-state index in [4.69, 9.17) is 10.6 Å². The third kappa shape index (κ3) is 1.61. The van der Waals surface area contributed by atoms with Crippen LogP contribution in [0.15, 0.2) is 29.4 Å². The van der Waals surface area contributed by atoms with Crippen LogP contribution in [-0.4, -0.2) is 11.1 Å². The summed E-state index contributed by atoms with van der Waals surface area (Å²) in [5.74, 6) is -0.971. The normalized spacial score (nSPS) is 9.09. The molecule has 0 heterocycles. The van der Waals surface area contributed by atoms with Gasteiger partial charge in [0, 0.05) is 0 Å². The van der Waals surface area contributed by atoms with E-state index in [2.05, 4.69) is 5.11 Å². The highest BCUT2D eigenvalue weighted by atomic mass is 16.4. The zero-order chi connectivity index (χ0) is 8.27. The number of rotatable bonds is 2. The fraction of sp³-hybridized carbons (Fsp3) is 0. The number of nitrogens with one attached hydrogen (secondary N) is 1. The van der Waals surface area contributed by atoms with Crippen molar-refractivity contribution in [2.75, 3.05) is 0 Å². The van der Waals surface area contributed by atoms with Gasteiger partial charge in [-0.05, 0) is 24.3 Å². The average Bonchev–Trinajstić information content (AvgIpc) is 2.05. The fourth-order valence-corrected chi connectivity index (χ4v) is 0.679.